The highest BCUT2D eigenvalue weighted by Crippen LogP contribution is 2.16. The van der Waals surface area contributed by atoms with Crippen molar-refractivity contribution in [1.82, 2.24) is 0 Å². The molecule has 4 heteroatoms. The van der Waals surface area contributed by atoms with Crippen LogP contribution < -0.4 is 5.73 Å². The first-order chi connectivity index (χ1) is 9.40. The number of unbranched alkanes of at least 4 members (excludes halogenated alkanes) is 5. The molecule has 20 heavy (non-hydrogen) atoms. The van der Waals surface area contributed by atoms with Gasteiger partial charge in [-0.2, -0.15) is 0 Å². The molecule has 0 bridgehead atoms. The number of hydrogen-bond donors (Lipinski definition) is 2. The Kier molecular flexibility index (Phi) is 9.99. The van der Waals surface area contributed by atoms with Crippen molar-refractivity contribution in [3.63, 3.8) is 0 Å². The standard InChI is InChI=1S/C16H29NO3/c1-4-5-6-7-8-9-10-13(17)11-14(16(19)20)15(18)12(2)3/h13-14H,2,4-11,17H2,1,3H3,(H,19,20). The second-order valence-electron chi connectivity index (χ2n) is 5.59. The van der Waals surface area contributed by atoms with Gasteiger partial charge in [0.25, 0.3) is 0 Å². The minimum absolute atomic E-state index is 0.204. The summed E-state index contributed by atoms with van der Waals surface area (Å²) < 4.78 is 0. The van der Waals surface area contributed by atoms with Crippen molar-refractivity contribution >= 4 is 11.8 Å². The molecule has 0 aromatic rings. The van der Waals surface area contributed by atoms with Gasteiger partial charge in [-0.3, -0.25) is 9.59 Å². The summed E-state index contributed by atoms with van der Waals surface area (Å²) in [6.07, 6.45) is 8.04. The molecule has 0 aromatic carbocycles. The van der Waals surface area contributed by atoms with E-state index in [4.69, 9.17) is 10.8 Å². The van der Waals surface area contributed by atoms with E-state index in [1.165, 1.54) is 32.6 Å². The number of hydrogen-bond acceptors (Lipinski definition) is 3. The lowest BCUT2D eigenvalue weighted by molar-refractivity contribution is -0.145. The fourth-order valence-electron chi connectivity index (χ4n) is 2.22. The van der Waals surface area contributed by atoms with Gasteiger partial charge in [-0.25, -0.2) is 0 Å². The lowest BCUT2D eigenvalue weighted by atomic mass is 9.90. The van der Waals surface area contributed by atoms with E-state index in [1.54, 1.807) is 0 Å². The third-order valence-corrected chi connectivity index (χ3v) is 3.50. The van der Waals surface area contributed by atoms with Crippen LogP contribution in [0.4, 0.5) is 0 Å². The predicted molar refractivity (Wildman–Crippen MR) is 81.5 cm³/mol. The average molecular weight is 283 g/mol. The molecule has 3 N–H and O–H groups in total. The van der Waals surface area contributed by atoms with E-state index < -0.39 is 17.7 Å². The summed E-state index contributed by atoms with van der Waals surface area (Å²) in [6, 6.07) is -0.231. The average Bonchev–Trinajstić information content (AvgIpc) is 2.38. The van der Waals surface area contributed by atoms with Gasteiger partial charge in [0, 0.05) is 6.04 Å². The Hall–Kier alpha value is -1.16. The summed E-state index contributed by atoms with van der Waals surface area (Å²) in [5, 5.41) is 9.09. The summed E-state index contributed by atoms with van der Waals surface area (Å²) in [5.74, 6) is -2.55. The van der Waals surface area contributed by atoms with Gasteiger partial charge in [0.1, 0.15) is 5.92 Å². The molecule has 0 aliphatic rings. The molecule has 116 valence electrons. The van der Waals surface area contributed by atoms with Crippen molar-refractivity contribution in [2.45, 2.75) is 71.3 Å². The van der Waals surface area contributed by atoms with E-state index in [9.17, 15) is 9.59 Å². The number of ketones is 1. The Bertz CT molecular complexity index is 326. The van der Waals surface area contributed by atoms with E-state index >= 15 is 0 Å². The van der Waals surface area contributed by atoms with Gasteiger partial charge in [-0.1, -0.05) is 52.0 Å². The Morgan fingerprint density at radius 1 is 1.15 bits per heavy atom. The van der Waals surface area contributed by atoms with Crippen molar-refractivity contribution in [2.75, 3.05) is 0 Å². The van der Waals surface area contributed by atoms with E-state index in [-0.39, 0.29) is 18.0 Å². The molecular weight excluding hydrogens is 254 g/mol. The fourth-order valence-corrected chi connectivity index (χ4v) is 2.22. The lowest BCUT2D eigenvalue weighted by Crippen LogP contribution is -2.32. The van der Waals surface area contributed by atoms with Crippen molar-refractivity contribution in [1.29, 1.82) is 0 Å². The molecule has 0 aliphatic heterocycles. The Labute approximate surface area is 122 Å². The Balaban J connectivity index is 4.02. The van der Waals surface area contributed by atoms with Crippen LogP contribution in [-0.2, 0) is 9.59 Å². The van der Waals surface area contributed by atoms with E-state index in [2.05, 4.69) is 13.5 Å². The molecule has 2 unspecified atom stereocenters. The molecule has 0 spiro atoms. The summed E-state index contributed by atoms with van der Waals surface area (Å²) in [4.78, 5) is 22.8. The van der Waals surface area contributed by atoms with Crippen LogP contribution >= 0.6 is 0 Å². The summed E-state index contributed by atoms with van der Waals surface area (Å²) in [5.41, 5.74) is 6.23. The molecule has 0 amide bonds. The molecule has 0 aromatic heterocycles. The van der Waals surface area contributed by atoms with Crippen LogP contribution in [0, 0.1) is 5.92 Å². The maximum absolute atomic E-state index is 11.7. The minimum Gasteiger partial charge on any atom is -0.481 e. The van der Waals surface area contributed by atoms with E-state index in [0.717, 1.165) is 19.3 Å². The van der Waals surface area contributed by atoms with Gasteiger partial charge in [0.2, 0.25) is 0 Å². The zero-order valence-electron chi connectivity index (χ0n) is 12.9. The largest absolute Gasteiger partial charge is 0.481 e. The number of carbonyl (C=O) groups is 2. The zero-order chi connectivity index (χ0) is 15.5. The first-order valence-electron chi connectivity index (χ1n) is 7.58. The zero-order valence-corrected chi connectivity index (χ0v) is 12.9. The van der Waals surface area contributed by atoms with Crippen LogP contribution in [-0.4, -0.2) is 22.9 Å². The summed E-state index contributed by atoms with van der Waals surface area (Å²) in [7, 11) is 0. The number of carboxylic acids is 1. The second-order valence-corrected chi connectivity index (χ2v) is 5.59. The van der Waals surface area contributed by atoms with Gasteiger partial charge in [0.15, 0.2) is 5.78 Å². The molecular formula is C16H29NO3. The van der Waals surface area contributed by atoms with Crippen LogP contribution in [0.5, 0.6) is 0 Å². The second kappa shape index (κ2) is 10.6. The molecule has 0 aliphatic carbocycles. The van der Waals surface area contributed by atoms with Gasteiger partial charge in [-0.05, 0) is 25.3 Å². The Morgan fingerprint density at radius 2 is 1.70 bits per heavy atom. The van der Waals surface area contributed by atoms with Crippen molar-refractivity contribution in [2.24, 2.45) is 11.7 Å². The third-order valence-electron chi connectivity index (χ3n) is 3.50. The van der Waals surface area contributed by atoms with Crippen LogP contribution in [0.1, 0.15) is 65.2 Å². The quantitative estimate of drug-likeness (QED) is 0.327. The smallest absolute Gasteiger partial charge is 0.314 e. The summed E-state index contributed by atoms with van der Waals surface area (Å²) in [6.45, 7) is 7.24. The van der Waals surface area contributed by atoms with Gasteiger partial charge >= 0.3 is 5.97 Å². The van der Waals surface area contributed by atoms with Gasteiger partial charge < -0.3 is 10.8 Å². The number of aliphatic carboxylic acids is 1. The molecule has 0 fully saturated rings. The van der Waals surface area contributed by atoms with Crippen LogP contribution in [0.3, 0.4) is 0 Å². The number of allylic oxidation sites excluding steroid dienone is 1. The lowest BCUT2D eigenvalue weighted by Gasteiger charge is -2.16. The van der Waals surface area contributed by atoms with E-state index in [0.29, 0.717) is 0 Å². The minimum atomic E-state index is -1.10. The highest BCUT2D eigenvalue weighted by atomic mass is 16.4. The molecule has 0 rings (SSSR count). The maximum Gasteiger partial charge on any atom is 0.314 e. The molecule has 2 atom stereocenters. The normalized spacial score (nSPS) is 13.8. The fraction of sp³-hybridized carbons (Fsp3) is 0.750. The van der Waals surface area contributed by atoms with E-state index in [1.807, 2.05) is 0 Å². The number of carbonyl (C=O) groups excluding carboxylic acids is 1. The molecule has 0 heterocycles. The highest BCUT2D eigenvalue weighted by molar-refractivity contribution is 6.07. The monoisotopic (exact) mass is 283 g/mol. The van der Waals surface area contributed by atoms with Gasteiger partial charge in [-0.15, -0.1) is 0 Å². The van der Waals surface area contributed by atoms with Crippen LogP contribution in [0.15, 0.2) is 12.2 Å². The van der Waals surface area contributed by atoms with Crippen molar-refractivity contribution < 1.29 is 14.7 Å². The number of Topliss-reactive ketones (excluding diaryl/α,β-unsaturated/α-hetero) is 1. The molecule has 0 saturated carbocycles. The number of nitrogens with two attached hydrogens (primary N) is 1. The number of carboxylic acid groups (broad SMARTS) is 1. The SMILES string of the molecule is C=C(C)C(=O)C(CC(N)CCCCCCCC)C(=O)O. The Morgan fingerprint density at radius 3 is 2.20 bits per heavy atom. The topological polar surface area (TPSA) is 80.4 Å². The van der Waals surface area contributed by atoms with Crippen LogP contribution in [0.25, 0.3) is 0 Å². The van der Waals surface area contributed by atoms with Crippen molar-refractivity contribution in [3.8, 4) is 0 Å². The molecule has 0 radical (unpaired) electrons. The predicted octanol–water partition coefficient (Wildman–Crippen LogP) is 3.30. The highest BCUT2D eigenvalue weighted by Gasteiger charge is 2.28. The maximum atomic E-state index is 11.7. The van der Waals surface area contributed by atoms with Crippen LogP contribution in [0.2, 0.25) is 0 Å². The van der Waals surface area contributed by atoms with Crippen molar-refractivity contribution in [3.05, 3.63) is 12.2 Å². The molecule has 4 nitrogen and oxygen atoms in total. The first-order valence-corrected chi connectivity index (χ1v) is 7.58. The third kappa shape index (κ3) is 8.10. The molecule has 0 saturated heterocycles. The first kappa shape index (κ1) is 18.8. The number of rotatable bonds is 12. The van der Waals surface area contributed by atoms with Gasteiger partial charge in [0.05, 0.1) is 0 Å². The summed E-state index contributed by atoms with van der Waals surface area (Å²) >= 11 is 0.